The highest BCUT2D eigenvalue weighted by Gasteiger charge is 2.08. The third kappa shape index (κ3) is 6.01. The smallest absolute Gasteiger partial charge is 0.234 e. The number of amides is 1. The molecule has 0 aliphatic rings. The molecule has 2 aromatic carbocycles. The molecule has 5 nitrogen and oxygen atoms in total. The van der Waals surface area contributed by atoms with Crippen molar-refractivity contribution in [3.63, 3.8) is 0 Å². The van der Waals surface area contributed by atoms with Gasteiger partial charge >= 0.3 is 0 Å². The van der Waals surface area contributed by atoms with Crippen LogP contribution in [0.25, 0.3) is 0 Å². The van der Waals surface area contributed by atoms with Crippen LogP contribution in [0, 0.1) is 5.82 Å². The highest BCUT2D eigenvalue weighted by Crippen LogP contribution is 2.21. The molecule has 0 radical (unpaired) electrons. The van der Waals surface area contributed by atoms with Gasteiger partial charge in [0.2, 0.25) is 15.9 Å². The summed E-state index contributed by atoms with van der Waals surface area (Å²) in [5, 5.41) is 7.62. The highest BCUT2D eigenvalue weighted by atomic mass is 32.2. The first-order valence-electron chi connectivity index (χ1n) is 6.60. The van der Waals surface area contributed by atoms with E-state index in [-0.39, 0.29) is 23.2 Å². The van der Waals surface area contributed by atoms with Crippen molar-refractivity contribution in [3.05, 3.63) is 59.9 Å². The summed E-state index contributed by atoms with van der Waals surface area (Å²) in [6.07, 6.45) is 0. The molecule has 122 valence electrons. The lowest BCUT2D eigenvalue weighted by atomic mass is 10.2. The largest absolute Gasteiger partial charge is 0.325 e. The molecule has 8 heteroatoms. The van der Waals surface area contributed by atoms with Gasteiger partial charge in [0, 0.05) is 10.6 Å². The van der Waals surface area contributed by atoms with Gasteiger partial charge in [-0.2, -0.15) is 0 Å². The summed E-state index contributed by atoms with van der Waals surface area (Å²) in [6, 6.07) is 12.6. The van der Waals surface area contributed by atoms with E-state index in [2.05, 4.69) is 5.32 Å². The minimum Gasteiger partial charge on any atom is -0.325 e. The molecule has 0 unspecified atom stereocenters. The second kappa shape index (κ2) is 7.58. The third-order valence-corrected chi connectivity index (χ3v) is 4.59. The minimum atomic E-state index is -3.58. The zero-order valence-corrected chi connectivity index (χ0v) is 13.7. The molecule has 1 amide bonds. The topological polar surface area (TPSA) is 89.3 Å². The van der Waals surface area contributed by atoms with Crippen LogP contribution in [0.2, 0.25) is 0 Å². The van der Waals surface area contributed by atoms with Crippen molar-refractivity contribution in [2.75, 3.05) is 11.1 Å². The normalized spacial score (nSPS) is 11.2. The Morgan fingerprint density at radius 3 is 2.39 bits per heavy atom. The van der Waals surface area contributed by atoms with Crippen molar-refractivity contribution in [2.24, 2.45) is 5.14 Å². The van der Waals surface area contributed by atoms with E-state index in [1.54, 1.807) is 42.5 Å². The van der Waals surface area contributed by atoms with Gasteiger partial charge in [0.05, 0.1) is 11.5 Å². The SMILES string of the molecule is NS(=O)(=O)Cc1ccc(NC(=O)CSc2ccccc2F)cc1. The van der Waals surface area contributed by atoms with Crippen molar-refractivity contribution in [1.29, 1.82) is 0 Å². The Labute approximate surface area is 138 Å². The zero-order chi connectivity index (χ0) is 16.9. The van der Waals surface area contributed by atoms with Crippen LogP contribution in [-0.4, -0.2) is 20.1 Å². The van der Waals surface area contributed by atoms with Crippen molar-refractivity contribution in [3.8, 4) is 0 Å². The molecule has 0 bridgehead atoms. The van der Waals surface area contributed by atoms with E-state index in [0.29, 0.717) is 16.1 Å². The number of nitrogens with one attached hydrogen (secondary N) is 1. The summed E-state index contributed by atoms with van der Waals surface area (Å²) in [4.78, 5) is 12.2. The lowest BCUT2D eigenvalue weighted by Crippen LogP contribution is -2.15. The quantitative estimate of drug-likeness (QED) is 0.779. The van der Waals surface area contributed by atoms with E-state index in [4.69, 9.17) is 5.14 Å². The lowest BCUT2D eigenvalue weighted by Gasteiger charge is -2.07. The summed E-state index contributed by atoms with van der Waals surface area (Å²) in [7, 11) is -3.58. The molecule has 3 N–H and O–H groups in total. The number of carbonyl (C=O) groups excluding carboxylic acids is 1. The van der Waals surface area contributed by atoms with Gasteiger partial charge in [-0.05, 0) is 29.8 Å². The van der Waals surface area contributed by atoms with E-state index >= 15 is 0 Å². The number of benzene rings is 2. The number of nitrogens with two attached hydrogens (primary N) is 1. The average Bonchev–Trinajstić information content (AvgIpc) is 2.47. The summed E-state index contributed by atoms with van der Waals surface area (Å²) in [5.41, 5.74) is 1.06. The monoisotopic (exact) mass is 354 g/mol. The van der Waals surface area contributed by atoms with Crippen LogP contribution in [0.5, 0.6) is 0 Å². The Morgan fingerprint density at radius 2 is 1.78 bits per heavy atom. The number of primary sulfonamides is 1. The maximum absolute atomic E-state index is 13.4. The Hall–Kier alpha value is -1.90. The Balaban J connectivity index is 1.89. The fourth-order valence-electron chi connectivity index (χ4n) is 1.82. The van der Waals surface area contributed by atoms with Crippen LogP contribution >= 0.6 is 11.8 Å². The maximum Gasteiger partial charge on any atom is 0.234 e. The van der Waals surface area contributed by atoms with Crippen molar-refractivity contribution in [2.45, 2.75) is 10.6 Å². The van der Waals surface area contributed by atoms with Crippen LogP contribution in [0.3, 0.4) is 0 Å². The van der Waals surface area contributed by atoms with Crippen molar-refractivity contribution < 1.29 is 17.6 Å². The fourth-order valence-corrected chi connectivity index (χ4v) is 3.22. The molecule has 0 heterocycles. The first-order valence-corrected chi connectivity index (χ1v) is 9.30. The van der Waals surface area contributed by atoms with E-state index in [0.717, 1.165) is 11.8 Å². The Bertz CT molecular complexity index is 793. The van der Waals surface area contributed by atoms with Crippen LogP contribution in [-0.2, 0) is 20.6 Å². The minimum absolute atomic E-state index is 0.0693. The summed E-state index contributed by atoms with van der Waals surface area (Å²) >= 11 is 1.10. The summed E-state index contributed by atoms with van der Waals surface area (Å²) < 4.78 is 35.4. The predicted molar refractivity (Wildman–Crippen MR) is 89.0 cm³/mol. The molecule has 0 saturated carbocycles. The lowest BCUT2D eigenvalue weighted by molar-refractivity contribution is -0.113. The van der Waals surface area contributed by atoms with E-state index in [1.165, 1.54) is 6.07 Å². The Morgan fingerprint density at radius 1 is 1.13 bits per heavy atom. The number of rotatable bonds is 6. The van der Waals surface area contributed by atoms with Crippen molar-refractivity contribution in [1.82, 2.24) is 0 Å². The molecule has 0 aromatic heterocycles. The van der Waals surface area contributed by atoms with Crippen LogP contribution in [0.15, 0.2) is 53.4 Å². The number of sulfonamides is 1. The third-order valence-electron chi connectivity index (χ3n) is 2.80. The molecule has 23 heavy (non-hydrogen) atoms. The highest BCUT2D eigenvalue weighted by molar-refractivity contribution is 8.00. The number of thioether (sulfide) groups is 1. The predicted octanol–water partition coefficient (Wildman–Crippen LogP) is 2.35. The second-order valence-electron chi connectivity index (χ2n) is 4.77. The van der Waals surface area contributed by atoms with Gasteiger partial charge in [-0.25, -0.2) is 17.9 Å². The summed E-state index contributed by atoms with van der Waals surface area (Å²) in [6.45, 7) is 0. The average molecular weight is 354 g/mol. The molecule has 0 aliphatic heterocycles. The van der Waals surface area contributed by atoms with E-state index < -0.39 is 10.0 Å². The summed E-state index contributed by atoms with van der Waals surface area (Å²) in [5.74, 6) is -0.834. The molecule has 2 aromatic rings. The first-order chi connectivity index (χ1) is 10.8. The van der Waals surface area contributed by atoms with Gasteiger partial charge in [-0.15, -0.1) is 11.8 Å². The molecule has 0 spiro atoms. The van der Waals surface area contributed by atoms with Gasteiger partial charge in [0.25, 0.3) is 0 Å². The van der Waals surface area contributed by atoms with E-state index in [1.807, 2.05) is 0 Å². The van der Waals surface area contributed by atoms with Gasteiger partial charge < -0.3 is 5.32 Å². The van der Waals surface area contributed by atoms with Crippen molar-refractivity contribution >= 4 is 33.4 Å². The second-order valence-corrected chi connectivity index (χ2v) is 7.40. The zero-order valence-electron chi connectivity index (χ0n) is 12.0. The molecular weight excluding hydrogens is 339 g/mol. The number of hydrogen-bond donors (Lipinski definition) is 2. The van der Waals surface area contributed by atoms with Gasteiger partial charge in [0.1, 0.15) is 5.82 Å². The molecule has 0 fully saturated rings. The molecule has 0 saturated heterocycles. The molecular formula is C15H15FN2O3S2. The van der Waals surface area contributed by atoms with Gasteiger partial charge in [-0.3, -0.25) is 4.79 Å². The number of halogens is 1. The van der Waals surface area contributed by atoms with Gasteiger partial charge in [-0.1, -0.05) is 24.3 Å². The maximum atomic E-state index is 13.4. The standard InChI is InChI=1S/C15H15FN2O3S2/c16-13-3-1-2-4-14(13)22-9-15(19)18-12-7-5-11(6-8-12)10-23(17,20)21/h1-8H,9-10H2,(H,18,19)(H2,17,20,21). The molecule has 2 rings (SSSR count). The van der Waals surface area contributed by atoms with Crippen LogP contribution < -0.4 is 10.5 Å². The number of hydrogen-bond acceptors (Lipinski definition) is 4. The molecule has 0 aliphatic carbocycles. The van der Waals surface area contributed by atoms with Gasteiger partial charge in [0.15, 0.2) is 0 Å². The number of carbonyl (C=O) groups is 1. The Kier molecular flexibility index (Phi) is 5.75. The fraction of sp³-hybridized carbons (Fsp3) is 0.133. The first kappa shape index (κ1) is 17.5. The van der Waals surface area contributed by atoms with E-state index in [9.17, 15) is 17.6 Å². The number of anilines is 1. The molecule has 0 atom stereocenters. The van der Waals surface area contributed by atoms with Crippen LogP contribution in [0.4, 0.5) is 10.1 Å². The van der Waals surface area contributed by atoms with Crippen LogP contribution in [0.1, 0.15) is 5.56 Å².